The van der Waals surface area contributed by atoms with Gasteiger partial charge < -0.3 is 0 Å². The van der Waals surface area contributed by atoms with Gasteiger partial charge in [0.25, 0.3) is 0 Å². The molecule has 20 heavy (non-hydrogen) atoms. The number of Topliss-reactive ketones (excluding diaryl/α,β-unsaturated/α-hetero) is 1. The van der Waals surface area contributed by atoms with Crippen LogP contribution in [0.25, 0.3) is 0 Å². The normalized spacial score (nSPS) is 15.6. The zero-order valence-electron chi connectivity index (χ0n) is 11.5. The number of aromatic nitrogens is 3. The van der Waals surface area contributed by atoms with Crippen molar-refractivity contribution in [3.05, 3.63) is 48.0 Å². The van der Waals surface area contributed by atoms with Gasteiger partial charge in [-0.1, -0.05) is 18.9 Å². The molecule has 2 aromatic heterocycles. The summed E-state index contributed by atoms with van der Waals surface area (Å²) in [6.45, 7) is 0. The van der Waals surface area contributed by atoms with Crippen LogP contribution in [0.1, 0.15) is 43.0 Å². The predicted octanol–water partition coefficient (Wildman–Crippen LogP) is 2.75. The maximum Gasteiger partial charge on any atom is 0.143 e. The van der Waals surface area contributed by atoms with Gasteiger partial charge >= 0.3 is 0 Å². The van der Waals surface area contributed by atoms with E-state index >= 15 is 0 Å². The van der Waals surface area contributed by atoms with Gasteiger partial charge in [-0.25, -0.2) is 0 Å². The average molecular weight is 269 g/mol. The fraction of sp³-hybridized carbons (Fsp3) is 0.438. The lowest BCUT2D eigenvalue weighted by atomic mass is 10.1. The van der Waals surface area contributed by atoms with E-state index < -0.39 is 0 Å². The molecular weight excluding hydrogens is 250 g/mol. The molecule has 0 unspecified atom stereocenters. The largest absolute Gasteiger partial charge is 0.299 e. The van der Waals surface area contributed by atoms with Crippen LogP contribution in [-0.4, -0.2) is 20.5 Å². The lowest BCUT2D eigenvalue weighted by molar-refractivity contribution is -0.117. The van der Waals surface area contributed by atoms with E-state index in [1.54, 1.807) is 12.4 Å². The second-order valence-corrected chi connectivity index (χ2v) is 5.48. The summed E-state index contributed by atoms with van der Waals surface area (Å²) < 4.78 is 2.04. The molecule has 0 N–H and O–H groups in total. The molecule has 4 heteroatoms. The first-order chi connectivity index (χ1) is 9.81. The molecule has 3 rings (SSSR count). The smallest absolute Gasteiger partial charge is 0.143 e. The number of hydrogen-bond donors (Lipinski definition) is 0. The molecule has 0 bridgehead atoms. The standard InChI is InChI=1S/C16H19N3O/c20-16(10-13-4-3-8-17-12-13)11-14-7-9-19(18-14)15-5-1-2-6-15/h3-4,7-9,12,15H,1-2,5-6,10-11H2. The third-order valence-electron chi connectivity index (χ3n) is 3.86. The molecule has 2 aromatic rings. The Bertz CT molecular complexity index is 570. The van der Waals surface area contributed by atoms with Crippen molar-refractivity contribution < 1.29 is 4.79 Å². The molecule has 0 saturated heterocycles. The second-order valence-electron chi connectivity index (χ2n) is 5.48. The molecule has 0 aliphatic heterocycles. The summed E-state index contributed by atoms with van der Waals surface area (Å²) in [7, 11) is 0. The number of ketones is 1. The Labute approximate surface area is 118 Å². The van der Waals surface area contributed by atoms with Crippen LogP contribution in [0.15, 0.2) is 36.8 Å². The first-order valence-electron chi connectivity index (χ1n) is 7.26. The average Bonchev–Trinajstić information content (AvgIpc) is 3.10. The lowest BCUT2D eigenvalue weighted by Crippen LogP contribution is -2.09. The van der Waals surface area contributed by atoms with Crippen molar-refractivity contribution in [1.82, 2.24) is 14.8 Å². The van der Waals surface area contributed by atoms with E-state index in [0.717, 1.165) is 11.3 Å². The molecule has 4 nitrogen and oxygen atoms in total. The third kappa shape index (κ3) is 3.13. The molecule has 0 atom stereocenters. The van der Waals surface area contributed by atoms with Crippen LogP contribution in [0.4, 0.5) is 0 Å². The minimum absolute atomic E-state index is 0.190. The van der Waals surface area contributed by atoms with Gasteiger partial charge in [-0.05, 0) is 30.5 Å². The summed E-state index contributed by atoms with van der Waals surface area (Å²) in [5.41, 5.74) is 1.85. The number of carbonyl (C=O) groups is 1. The number of pyridine rings is 1. The molecule has 0 spiro atoms. The Hall–Kier alpha value is -1.97. The zero-order valence-corrected chi connectivity index (χ0v) is 11.5. The van der Waals surface area contributed by atoms with Crippen molar-refractivity contribution in [2.24, 2.45) is 0 Å². The topological polar surface area (TPSA) is 47.8 Å². The summed E-state index contributed by atoms with van der Waals surface area (Å²) in [4.78, 5) is 16.1. The van der Waals surface area contributed by atoms with E-state index in [0.29, 0.717) is 18.9 Å². The van der Waals surface area contributed by atoms with Crippen LogP contribution < -0.4 is 0 Å². The van der Waals surface area contributed by atoms with Gasteiger partial charge in [0.1, 0.15) is 5.78 Å². The third-order valence-corrected chi connectivity index (χ3v) is 3.86. The zero-order chi connectivity index (χ0) is 13.8. The highest BCUT2D eigenvalue weighted by molar-refractivity contribution is 5.82. The minimum atomic E-state index is 0.190. The van der Waals surface area contributed by atoms with Crippen LogP contribution in [0.3, 0.4) is 0 Å². The molecule has 1 aliphatic rings. The van der Waals surface area contributed by atoms with E-state index in [2.05, 4.69) is 10.1 Å². The van der Waals surface area contributed by atoms with Crippen LogP contribution in [0.5, 0.6) is 0 Å². The second kappa shape index (κ2) is 5.99. The van der Waals surface area contributed by atoms with Gasteiger partial charge in [0.15, 0.2) is 0 Å². The number of nitrogens with zero attached hydrogens (tertiary/aromatic N) is 3. The first-order valence-corrected chi connectivity index (χ1v) is 7.26. The quantitative estimate of drug-likeness (QED) is 0.838. The van der Waals surface area contributed by atoms with Crippen LogP contribution in [0, 0.1) is 0 Å². The highest BCUT2D eigenvalue weighted by Crippen LogP contribution is 2.28. The molecule has 1 aliphatic carbocycles. The lowest BCUT2D eigenvalue weighted by Gasteiger charge is -2.08. The van der Waals surface area contributed by atoms with Crippen LogP contribution >= 0.6 is 0 Å². The molecule has 1 fully saturated rings. The van der Waals surface area contributed by atoms with Crippen molar-refractivity contribution in [3.8, 4) is 0 Å². The van der Waals surface area contributed by atoms with Crippen molar-refractivity contribution in [2.45, 2.75) is 44.6 Å². The fourth-order valence-corrected chi connectivity index (χ4v) is 2.84. The van der Waals surface area contributed by atoms with E-state index in [1.165, 1.54) is 25.7 Å². The van der Waals surface area contributed by atoms with Crippen molar-refractivity contribution in [2.75, 3.05) is 0 Å². The molecule has 0 amide bonds. The number of hydrogen-bond acceptors (Lipinski definition) is 3. The monoisotopic (exact) mass is 269 g/mol. The van der Waals surface area contributed by atoms with Crippen LogP contribution in [0.2, 0.25) is 0 Å². The summed E-state index contributed by atoms with van der Waals surface area (Å²) in [5, 5.41) is 4.55. The molecular formula is C16H19N3O. The summed E-state index contributed by atoms with van der Waals surface area (Å²) in [6.07, 6.45) is 11.3. The van der Waals surface area contributed by atoms with Gasteiger partial charge in [-0.15, -0.1) is 0 Å². The van der Waals surface area contributed by atoms with Crippen LogP contribution in [-0.2, 0) is 17.6 Å². The Balaban J connectivity index is 1.59. The fourth-order valence-electron chi connectivity index (χ4n) is 2.84. The van der Waals surface area contributed by atoms with E-state index in [1.807, 2.05) is 29.1 Å². The summed E-state index contributed by atoms with van der Waals surface area (Å²) >= 11 is 0. The van der Waals surface area contributed by atoms with Crippen molar-refractivity contribution in [3.63, 3.8) is 0 Å². The highest BCUT2D eigenvalue weighted by atomic mass is 16.1. The van der Waals surface area contributed by atoms with Gasteiger partial charge in [0.2, 0.25) is 0 Å². The maximum absolute atomic E-state index is 12.0. The molecule has 2 heterocycles. The van der Waals surface area contributed by atoms with Gasteiger partial charge in [-0.3, -0.25) is 14.5 Å². The Morgan fingerprint density at radius 2 is 2.10 bits per heavy atom. The van der Waals surface area contributed by atoms with Crippen molar-refractivity contribution in [1.29, 1.82) is 0 Å². The Morgan fingerprint density at radius 1 is 1.25 bits per heavy atom. The van der Waals surface area contributed by atoms with Gasteiger partial charge in [-0.2, -0.15) is 5.10 Å². The molecule has 0 aromatic carbocycles. The van der Waals surface area contributed by atoms with E-state index in [-0.39, 0.29) is 5.78 Å². The van der Waals surface area contributed by atoms with Gasteiger partial charge in [0.05, 0.1) is 18.2 Å². The number of carbonyl (C=O) groups excluding carboxylic acids is 1. The minimum Gasteiger partial charge on any atom is -0.299 e. The Kier molecular flexibility index (Phi) is 3.90. The molecule has 0 radical (unpaired) electrons. The first kappa shape index (κ1) is 13.0. The predicted molar refractivity (Wildman–Crippen MR) is 76.4 cm³/mol. The molecule has 1 saturated carbocycles. The molecule has 104 valence electrons. The number of rotatable bonds is 5. The highest BCUT2D eigenvalue weighted by Gasteiger charge is 2.18. The van der Waals surface area contributed by atoms with E-state index in [9.17, 15) is 4.79 Å². The summed E-state index contributed by atoms with van der Waals surface area (Å²) in [5.74, 6) is 0.190. The summed E-state index contributed by atoms with van der Waals surface area (Å²) in [6, 6.07) is 6.30. The van der Waals surface area contributed by atoms with Gasteiger partial charge in [0, 0.05) is 25.0 Å². The SMILES string of the molecule is O=C(Cc1cccnc1)Cc1ccn(C2CCCC2)n1. The van der Waals surface area contributed by atoms with E-state index in [4.69, 9.17) is 0 Å². The Morgan fingerprint density at radius 3 is 2.85 bits per heavy atom. The van der Waals surface area contributed by atoms with Crippen molar-refractivity contribution >= 4 is 5.78 Å². The maximum atomic E-state index is 12.0.